The molecule has 0 saturated carbocycles. The largest absolute Gasteiger partial charge is 0.497 e. The van der Waals surface area contributed by atoms with Crippen LogP contribution >= 0.6 is 43.2 Å². The topological polar surface area (TPSA) is 79.1 Å². The van der Waals surface area contributed by atoms with Gasteiger partial charge in [-0.15, -0.1) is 0 Å². The summed E-state index contributed by atoms with van der Waals surface area (Å²) in [7, 11) is 1.58. The van der Waals surface area contributed by atoms with E-state index in [2.05, 4.69) is 36.9 Å². The zero-order chi connectivity index (χ0) is 30.0. The fourth-order valence-corrected chi connectivity index (χ4v) is 7.08. The number of hydrogen-bond acceptors (Lipinski definition) is 7. The third-order valence-electron chi connectivity index (χ3n) is 6.56. The van der Waals surface area contributed by atoms with Gasteiger partial charge in [0.25, 0.3) is 5.56 Å². The van der Waals surface area contributed by atoms with Crippen LogP contribution in [0.3, 0.4) is 0 Å². The van der Waals surface area contributed by atoms with Crippen molar-refractivity contribution >= 4 is 55.2 Å². The first-order valence-corrected chi connectivity index (χ1v) is 15.3. The van der Waals surface area contributed by atoms with Crippen molar-refractivity contribution in [3.05, 3.63) is 123 Å². The van der Waals surface area contributed by atoms with E-state index in [4.69, 9.17) is 14.2 Å². The van der Waals surface area contributed by atoms with Crippen molar-refractivity contribution in [1.29, 1.82) is 0 Å². The van der Waals surface area contributed by atoms with Gasteiger partial charge >= 0.3 is 5.97 Å². The van der Waals surface area contributed by atoms with Gasteiger partial charge in [0.2, 0.25) is 0 Å². The van der Waals surface area contributed by atoms with E-state index >= 15 is 0 Å². The number of fused-ring (bicyclic) bond motifs is 1. The standard InChI is InChI=1S/C31H25Br2FN2O5S/c1-4-40-30(38)26-17(2)35-31-36(27(26)20-7-11-22(39-3)12-8-20)29(37)25(42-31)15-19-13-23(32)28(24(33)14-19)41-16-18-5-9-21(34)10-6-18/h5-15,27H,4,16H2,1-3H3. The fraction of sp³-hybridized carbons (Fsp3) is 0.194. The van der Waals surface area contributed by atoms with E-state index in [1.807, 2.05) is 24.3 Å². The van der Waals surface area contributed by atoms with Crippen molar-refractivity contribution in [2.75, 3.05) is 13.7 Å². The summed E-state index contributed by atoms with van der Waals surface area (Å²) < 4.78 is 33.2. The number of rotatable bonds is 8. The number of methoxy groups -OCH3 is 1. The van der Waals surface area contributed by atoms with Crippen LogP contribution in [0.4, 0.5) is 4.39 Å². The molecule has 0 aliphatic carbocycles. The minimum atomic E-state index is -0.714. The normalized spacial score (nSPS) is 14.8. The van der Waals surface area contributed by atoms with Crippen LogP contribution in [-0.2, 0) is 16.1 Å². The molecule has 0 fully saturated rings. The molecule has 3 aromatic carbocycles. The molecule has 0 saturated heterocycles. The highest BCUT2D eigenvalue weighted by Gasteiger charge is 2.33. The summed E-state index contributed by atoms with van der Waals surface area (Å²) >= 11 is 8.38. The van der Waals surface area contributed by atoms with Gasteiger partial charge in [-0.2, -0.15) is 0 Å². The van der Waals surface area contributed by atoms with Gasteiger partial charge in [-0.1, -0.05) is 35.6 Å². The minimum Gasteiger partial charge on any atom is -0.497 e. The molecule has 1 unspecified atom stereocenters. The van der Waals surface area contributed by atoms with Gasteiger partial charge in [-0.3, -0.25) is 9.36 Å². The first-order chi connectivity index (χ1) is 20.2. The first kappa shape index (κ1) is 29.9. The Labute approximate surface area is 261 Å². The summed E-state index contributed by atoms with van der Waals surface area (Å²) in [6, 6.07) is 16.3. The van der Waals surface area contributed by atoms with Gasteiger partial charge in [0.15, 0.2) is 4.80 Å². The van der Waals surface area contributed by atoms with Crippen molar-refractivity contribution in [1.82, 2.24) is 4.57 Å². The van der Waals surface area contributed by atoms with Crippen LogP contribution in [0.25, 0.3) is 6.08 Å². The molecule has 0 N–H and O–H groups in total. The van der Waals surface area contributed by atoms with Crippen LogP contribution in [0.1, 0.15) is 36.6 Å². The summed E-state index contributed by atoms with van der Waals surface area (Å²) in [6.07, 6.45) is 1.78. The van der Waals surface area contributed by atoms with E-state index in [9.17, 15) is 14.0 Å². The predicted octanol–water partition coefficient (Wildman–Crippen LogP) is 6.05. The maximum absolute atomic E-state index is 13.9. The van der Waals surface area contributed by atoms with Crippen LogP contribution in [-0.4, -0.2) is 24.3 Å². The summed E-state index contributed by atoms with van der Waals surface area (Å²) in [5.74, 6) is 0.411. The summed E-state index contributed by atoms with van der Waals surface area (Å²) in [6.45, 7) is 3.94. The summed E-state index contributed by atoms with van der Waals surface area (Å²) in [4.78, 5) is 32.1. The van der Waals surface area contributed by atoms with Crippen LogP contribution in [0, 0.1) is 5.82 Å². The third-order valence-corrected chi connectivity index (χ3v) is 8.72. The van der Waals surface area contributed by atoms with Crippen molar-refractivity contribution < 1.29 is 23.4 Å². The Bertz CT molecular complexity index is 1840. The molecule has 0 amide bonds. The zero-order valence-corrected chi connectivity index (χ0v) is 26.8. The lowest BCUT2D eigenvalue weighted by Gasteiger charge is -2.24. The monoisotopic (exact) mass is 714 g/mol. The third kappa shape index (κ3) is 6.13. The second-order valence-corrected chi connectivity index (χ2v) is 12.0. The summed E-state index contributed by atoms with van der Waals surface area (Å²) in [5, 5.41) is 0. The van der Waals surface area contributed by atoms with Gasteiger partial charge in [0, 0.05) is 0 Å². The van der Waals surface area contributed by atoms with E-state index in [1.54, 1.807) is 55.9 Å². The van der Waals surface area contributed by atoms with E-state index in [-0.39, 0.29) is 24.6 Å². The zero-order valence-electron chi connectivity index (χ0n) is 22.8. The highest BCUT2D eigenvalue weighted by Crippen LogP contribution is 2.36. The number of halogens is 3. The lowest BCUT2D eigenvalue weighted by molar-refractivity contribution is -0.139. The molecule has 2 heterocycles. The molecule has 0 bridgehead atoms. The molecule has 7 nitrogen and oxygen atoms in total. The van der Waals surface area contributed by atoms with Crippen molar-refractivity contribution in [3.63, 3.8) is 0 Å². The Balaban J connectivity index is 1.54. The van der Waals surface area contributed by atoms with E-state index in [0.29, 0.717) is 41.0 Å². The minimum absolute atomic E-state index is 0.197. The number of carbonyl (C=O) groups is 1. The van der Waals surface area contributed by atoms with Gasteiger partial charge in [0.1, 0.15) is 23.9 Å². The fourth-order valence-electron chi connectivity index (χ4n) is 4.58. The van der Waals surface area contributed by atoms with E-state index < -0.39 is 12.0 Å². The number of aromatic nitrogens is 1. The molecular weight excluding hydrogens is 691 g/mol. The maximum Gasteiger partial charge on any atom is 0.338 e. The molecule has 216 valence electrons. The number of ether oxygens (including phenoxy) is 3. The molecule has 0 spiro atoms. The smallest absolute Gasteiger partial charge is 0.338 e. The number of nitrogens with zero attached hydrogens (tertiary/aromatic N) is 2. The highest BCUT2D eigenvalue weighted by atomic mass is 79.9. The highest BCUT2D eigenvalue weighted by molar-refractivity contribution is 9.11. The molecule has 5 rings (SSSR count). The van der Waals surface area contributed by atoms with E-state index in [0.717, 1.165) is 16.7 Å². The molecule has 1 aliphatic rings. The lowest BCUT2D eigenvalue weighted by atomic mass is 9.96. The van der Waals surface area contributed by atoms with Crippen molar-refractivity contribution in [2.24, 2.45) is 4.99 Å². The quantitative estimate of drug-likeness (QED) is 0.208. The number of esters is 1. The molecule has 4 aromatic rings. The average Bonchev–Trinajstić information content (AvgIpc) is 3.26. The predicted molar refractivity (Wildman–Crippen MR) is 166 cm³/mol. The van der Waals surface area contributed by atoms with Gasteiger partial charge < -0.3 is 14.2 Å². The van der Waals surface area contributed by atoms with Crippen molar-refractivity contribution in [3.8, 4) is 11.5 Å². The second kappa shape index (κ2) is 12.8. The van der Waals surface area contributed by atoms with Crippen LogP contribution in [0.15, 0.2) is 90.7 Å². The molecule has 1 aromatic heterocycles. The number of carbonyl (C=O) groups excluding carboxylic acids is 1. The Morgan fingerprint density at radius 3 is 2.38 bits per heavy atom. The molecule has 11 heteroatoms. The van der Waals surface area contributed by atoms with Crippen LogP contribution in [0.5, 0.6) is 11.5 Å². The van der Waals surface area contributed by atoms with Crippen LogP contribution in [0.2, 0.25) is 0 Å². The average molecular weight is 716 g/mol. The number of hydrogen-bond donors (Lipinski definition) is 0. The molecule has 1 atom stereocenters. The summed E-state index contributed by atoms with van der Waals surface area (Å²) in [5.41, 5.74) is 2.83. The Hall–Kier alpha value is -3.54. The Morgan fingerprint density at radius 1 is 1.10 bits per heavy atom. The maximum atomic E-state index is 13.9. The van der Waals surface area contributed by atoms with E-state index in [1.165, 1.54) is 23.5 Å². The molecule has 0 radical (unpaired) electrons. The number of benzene rings is 3. The number of allylic oxidation sites excluding steroid dienone is 1. The van der Waals surface area contributed by atoms with Gasteiger partial charge in [0.05, 0.1) is 44.5 Å². The van der Waals surface area contributed by atoms with Gasteiger partial charge in [-0.25, -0.2) is 14.2 Å². The number of thiazole rings is 1. The molecule has 1 aliphatic heterocycles. The van der Waals surface area contributed by atoms with Gasteiger partial charge in [-0.05, 0) is 105 Å². The second-order valence-electron chi connectivity index (χ2n) is 9.30. The lowest BCUT2D eigenvalue weighted by Crippen LogP contribution is -2.39. The first-order valence-electron chi connectivity index (χ1n) is 12.9. The Kier molecular flexibility index (Phi) is 9.10. The van der Waals surface area contributed by atoms with Crippen molar-refractivity contribution in [2.45, 2.75) is 26.5 Å². The van der Waals surface area contributed by atoms with Crippen LogP contribution < -0.4 is 24.4 Å². The molecular formula is C31H25Br2FN2O5S. The SMILES string of the molecule is CCOC(=O)C1=C(C)N=c2sc(=Cc3cc(Br)c(OCc4ccc(F)cc4)c(Br)c3)c(=O)n2C1c1ccc(OC)cc1. The Morgan fingerprint density at radius 2 is 1.76 bits per heavy atom. The molecule has 42 heavy (non-hydrogen) atoms.